The van der Waals surface area contributed by atoms with E-state index < -0.39 is 0 Å². The maximum atomic E-state index is 11.5. The number of rotatable bonds is 5. The Hall–Kier alpha value is -1.61. The molecule has 3 nitrogen and oxygen atoms in total. The van der Waals surface area contributed by atoms with Crippen LogP contribution in [0.2, 0.25) is 0 Å². The number of benzene rings is 1. The van der Waals surface area contributed by atoms with Crippen molar-refractivity contribution in [3.8, 4) is 0 Å². The SMILES string of the molecule is C=CCNC(=O)c1ccc(CCN)cc1. The van der Waals surface area contributed by atoms with Gasteiger partial charge >= 0.3 is 0 Å². The predicted molar refractivity (Wildman–Crippen MR) is 61.7 cm³/mol. The molecule has 1 amide bonds. The molecule has 0 bridgehead atoms. The van der Waals surface area contributed by atoms with Gasteiger partial charge in [-0.05, 0) is 30.7 Å². The van der Waals surface area contributed by atoms with E-state index in [2.05, 4.69) is 11.9 Å². The zero-order chi connectivity index (χ0) is 11.1. The van der Waals surface area contributed by atoms with Crippen molar-refractivity contribution in [1.82, 2.24) is 5.32 Å². The van der Waals surface area contributed by atoms with Gasteiger partial charge in [-0.25, -0.2) is 0 Å². The van der Waals surface area contributed by atoms with Gasteiger partial charge in [0.05, 0.1) is 0 Å². The second-order valence-corrected chi connectivity index (χ2v) is 3.23. The van der Waals surface area contributed by atoms with Gasteiger partial charge < -0.3 is 11.1 Å². The van der Waals surface area contributed by atoms with Crippen LogP contribution in [-0.2, 0) is 6.42 Å². The Bertz CT molecular complexity index is 330. The Balaban J connectivity index is 2.62. The van der Waals surface area contributed by atoms with Gasteiger partial charge in [0.1, 0.15) is 0 Å². The van der Waals surface area contributed by atoms with Gasteiger partial charge in [0, 0.05) is 12.1 Å². The summed E-state index contributed by atoms with van der Waals surface area (Å²) in [6.07, 6.45) is 2.50. The number of nitrogens with two attached hydrogens (primary N) is 1. The van der Waals surface area contributed by atoms with E-state index >= 15 is 0 Å². The molecule has 15 heavy (non-hydrogen) atoms. The molecule has 0 radical (unpaired) electrons. The Kier molecular flexibility index (Phi) is 4.57. The molecule has 0 aliphatic heterocycles. The quantitative estimate of drug-likeness (QED) is 0.706. The van der Waals surface area contributed by atoms with Crippen LogP contribution in [0.4, 0.5) is 0 Å². The van der Waals surface area contributed by atoms with Crippen LogP contribution in [0.1, 0.15) is 15.9 Å². The van der Waals surface area contributed by atoms with E-state index in [1.807, 2.05) is 24.3 Å². The van der Waals surface area contributed by atoms with Crippen molar-refractivity contribution < 1.29 is 4.79 Å². The number of hydrogen-bond acceptors (Lipinski definition) is 2. The summed E-state index contributed by atoms with van der Waals surface area (Å²) in [4.78, 5) is 11.5. The molecule has 0 heterocycles. The molecule has 0 spiro atoms. The van der Waals surface area contributed by atoms with Crippen LogP contribution in [0.3, 0.4) is 0 Å². The molecule has 80 valence electrons. The number of hydrogen-bond donors (Lipinski definition) is 2. The first-order valence-electron chi connectivity index (χ1n) is 4.96. The summed E-state index contributed by atoms with van der Waals surface area (Å²) in [5, 5.41) is 2.72. The van der Waals surface area contributed by atoms with E-state index in [9.17, 15) is 4.79 Å². The highest BCUT2D eigenvalue weighted by Crippen LogP contribution is 2.04. The third-order valence-electron chi connectivity index (χ3n) is 2.06. The summed E-state index contributed by atoms with van der Waals surface area (Å²) >= 11 is 0. The lowest BCUT2D eigenvalue weighted by Crippen LogP contribution is -2.23. The third-order valence-corrected chi connectivity index (χ3v) is 2.06. The highest BCUT2D eigenvalue weighted by atomic mass is 16.1. The van der Waals surface area contributed by atoms with Crippen LogP contribution < -0.4 is 11.1 Å². The number of carbonyl (C=O) groups is 1. The molecule has 0 fully saturated rings. The molecule has 3 heteroatoms. The zero-order valence-corrected chi connectivity index (χ0v) is 8.70. The largest absolute Gasteiger partial charge is 0.349 e. The van der Waals surface area contributed by atoms with Crippen LogP contribution in [0.5, 0.6) is 0 Å². The van der Waals surface area contributed by atoms with Crippen LogP contribution in [0, 0.1) is 0 Å². The topological polar surface area (TPSA) is 55.1 Å². The molecule has 3 N–H and O–H groups in total. The second kappa shape index (κ2) is 5.98. The van der Waals surface area contributed by atoms with Crippen molar-refractivity contribution in [2.24, 2.45) is 5.73 Å². The summed E-state index contributed by atoms with van der Waals surface area (Å²) < 4.78 is 0. The van der Waals surface area contributed by atoms with Gasteiger partial charge in [-0.1, -0.05) is 18.2 Å². The van der Waals surface area contributed by atoms with Gasteiger partial charge in [0.2, 0.25) is 0 Å². The Morgan fingerprint density at radius 2 is 2.07 bits per heavy atom. The Labute approximate surface area is 90.0 Å². The average Bonchev–Trinajstić information content (AvgIpc) is 2.27. The standard InChI is InChI=1S/C12H16N2O/c1-2-9-14-12(15)11-5-3-10(4-6-11)7-8-13/h2-6H,1,7-9,13H2,(H,14,15). The molecule has 0 saturated heterocycles. The van der Waals surface area contributed by atoms with Crippen LogP contribution in [0.25, 0.3) is 0 Å². The van der Waals surface area contributed by atoms with Gasteiger partial charge in [-0.15, -0.1) is 6.58 Å². The molecule has 0 atom stereocenters. The maximum absolute atomic E-state index is 11.5. The van der Waals surface area contributed by atoms with Crippen molar-refractivity contribution in [2.45, 2.75) is 6.42 Å². The van der Waals surface area contributed by atoms with Gasteiger partial charge in [0.25, 0.3) is 5.91 Å². The lowest BCUT2D eigenvalue weighted by Gasteiger charge is -2.03. The second-order valence-electron chi connectivity index (χ2n) is 3.23. The van der Waals surface area contributed by atoms with Crippen LogP contribution in [0.15, 0.2) is 36.9 Å². The van der Waals surface area contributed by atoms with E-state index in [-0.39, 0.29) is 5.91 Å². The molecule has 0 aliphatic carbocycles. The molecule has 0 unspecified atom stereocenters. The minimum absolute atomic E-state index is 0.0748. The molecular weight excluding hydrogens is 188 g/mol. The van der Waals surface area contributed by atoms with Crippen molar-refractivity contribution in [3.05, 3.63) is 48.0 Å². The number of nitrogens with one attached hydrogen (secondary N) is 1. The fourth-order valence-corrected chi connectivity index (χ4v) is 1.26. The lowest BCUT2D eigenvalue weighted by atomic mass is 10.1. The highest BCUT2D eigenvalue weighted by molar-refractivity contribution is 5.94. The summed E-state index contributed by atoms with van der Waals surface area (Å²) in [7, 11) is 0. The fourth-order valence-electron chi connectivity index (χ4n) is 1.26. The first-order valence-corrected chi connectivity index (χ1v) is 4.96. The molecule has 1 rings (SSSR count). The molecular formula is C12H16N2O. The molecule has 1 aromatic carbocycles. The zero-order valence-electron chi connectivity index (χ0n) is 8.70. The first kappa shape index (κ1) is 11.5. The number of amides is 1. The van der Waals surface area contributed by atoms with E-state index in [4.69, 9.17) is 5.73 Å². The molecule has 0 saturated carbocycles. The number of carbonyl (C=O) groups excluding carboxylic acids is 1. The molecule has 0 aromatic heterocycles. The minimum atomic E-state index is -0.0748. The molecule has 1 aromatic rings. The first-order chi connectivity index (χ1) is 7.27. The van der Waals surface area contributed by atoms with Gasteiger partial charge in [-0.2, -0.15) is 0 Å². The fraction of sp³-hybridized carbons (Fsp3) is 0.250. The molecule has 0 aliphatic rings. The highest BCUT2D eigenvalue weighted by Gasteiger charge is 2.02. The maximum Gasteiger partial charge on any atom is 0.251 e. The van der Waals surface area contributed by atoms with Crippen molar-refractivity contribution in [2.75, 3.05) is 13.1 Å². The minimum Gasteiger partial charge on any atom is -0.349 e. The predicted octanol–water partition coefficient (Wildman–Crippen LogP) is 1.10. The Morgan fingerprint density at radius 3 is 2.60 bits per heavy atom. The third kappa shape index (κ3) is 3.56. The van der Waals surface area contributed by atoms with Crippen LogP contribution >= 0.6 is 0 Å². The van der Waals surface area contributed by atoms with Crippen molar-refractivity contribution >= 4 is 5.91 Å². The summed E-state index contributed by atoms with van der Waals surface area (Å²) in [6, 6.07) is 7.47. The van der Waals surface area contributed by atoms with Gasteiger partial charge in [0.15, 0.2) is 0 Å². The van der Waals surface area contributed by atoms with E-state index in [0.29, 0.717) is 18.7 Å². The van der Waals surface area contributed by atoms with Gasteiger partial charge in [-0.3, -0.25) is 4.79 Å². The van der Waals surface area contributed by atoms with E-state index in [1.165, 1.54) is 0 Å². The Morgan fingerprint density at radius 1 is 1.40 bits per heavy atom. The summed E-state index contributed by atoms with van der Waals surface area (Å²) in [5.74, 6) is -0.0748. The normalized spacial score (nSPS) is 9.67. The summed E-state index contributed by atoms with van der Waals surface area (Å²) in [5.41, 5.74) is 7.25. The van der Waals surface area contributed by atoms with Crippen LogP contribution in [-0.4, -0.2) is 19.0 Å². The monoisotopic (exact) mass is 204 g/mol. The van der Waals surface area contributed by atoms with E-state index in [1.54, 1.807) is 6.08 Å². The van der Waals surface area contributed by atoms with Crippen molar-refractivity contribution in [1.29, 1.82) is 0 Å². The average molecular weight is 204 g/mol. The smallest absolute Gasteiger partial charge is 0.251 e. The van der Waals surface area contributed by atoms with E-state index in [0.717, 1.165) is 12.0 Å². The summed E-state index contributed by atoms with van der Waals surface area (Å²) in [6.45, 7) is 4.65. The lowest BCUT2D eigenvalue weighted by molar-refractivity contribution is 0.0958. The van der Waals surface area contributed by atoms with Crippen molar-refractivity contribution in [3.63, 3.8) is 0 Å².